The maximum Gasteiger partial charge on any atom is 0.401 e. The highest BCUT2D eigenvalue weighted by molar-refractivity contribution is 4.86. The van der Waals surface area contributed by atoms with E-state index < -0.39 is 12.7 Å². The van der Waals surface area contributed by atoms with E-state index in [4.69, 9.17) is 5.73 Å². The Morgan fingerprint density at radius 2 is 2.00 bits per heavy atom. The van der Waals surface area contributed by atoms with E-state index in [-0.39, 0.29) is 12.1 Å². The van der Waals surface area contributed by atoms with Crippen LogP contribution in [-0.4, -0.2) is 24.8 Å². The Balaban J connectivity index is 2.23. The molecule has 0 heterocycles. The number of nitrogens with one attached hydrogen (secondary N) is 1. The minimum atomic E-state index is -4.12. The van der Waals surface area contributed by atoms with Crippen molar-refractivity contribution in [3.05, 3.63) is 0 Å². The van der Waals surface area contributed by atoms with Gasteiger partial charge in [0.2, 0.25) is 0 Å². The average Bonchev–Trinajstić information content (AvgIpc) is 2.29. The van der Waals surface area contributed by atoms with Crippen LogP contribution in [0.25, 0.3) is 0 Å². The smallest absolute Gasteiger partial charge is 0.326 e. The molecule has 0 bridgehead atoms. The molecule has 1 aliphatic rings. The molecular weight excluding hydrogens is 169 g/mol. The van der Waals surface area contributed by atoms with Crippen molar-refractivity contribution < 1.29 is 13.2 Å². The van der Waals surface area contributed by atoms with Crippen LogP contribution in [0.1, 0.15) is 19.3 Å². The van der Waals surface area contributed by atoms with Gasteiger partial charge in [0.05, 0.1) is 6.54 Å². The van der Waals surface area contributed by atoms with Crippen LogP contribution in [0.4, 0.5) is 13.2 Å². The van der Waals surface area contributed by atoms with Gasteiger partial charge >= 0.3 is 6.18 Å². The summed E-state index contributed by atoms with van der Waals surface area (Å²) in [5.41, 5.74) is 5.58. The summed E-state index contributed by atoms with van der Waals surface area (Å²) >= 11 is 0. The first-order valence-corrected chi connectivity index (χ1v) is 4.05. The fourth-order valence-electron chi connectivity index (χ4n) is 1.49. The molecule has 0 radical (unpaired) electrons. The van der Waals surface area contributed by atoms with Gasteiger partial charge in [0.25, 0.3) is 0 Å². The molecule has 0 aromatic rings. The third-order valence-electron chi connectivity index (χ3n) is 2.13. The van der Waals surface area contributed by atoms with Crippen molar-refractivity contribution in [3.8, 4) is 0 Å². The van der Waals surface area contributed by atoms with Gasteiger partial charge in [0.1, 0.15) is 0 Å². The molecule has 5 heteroatoms. The summed E-state index contributed by atoms with van der Waals surface area (Å²) < 4.78 is 35.2. The molecule has 12 heavy (non-hydrogen) atoms. The van der Waals surface area contributed by atoms with Crippen LogP contribution in [0.2, 0.25) is 0 Å². The Hall–Kier alpha value is -0.290. The molecule has 3 N–H and O–H groups in total. The molecule has 0 aromatic heterocycles. The largest absolute Gasteiger partial charge is 0.401 e. The maximum atomic E-state index is 11.7. The minimum Gasteiger partial charge on any atom is -0.326 e. The number of halogens is 3. The number of hydrogen-bond donors (Lipinski definition) is 2. The van der Waals surface area contributed by atoms with Gasteiger partial charge in [-0.3, -0.25) is 0 Å². The molecule has 1 rings (SSSR count). The molecule has 0 spiro atoms. The first-order chi connectivity index (χ1) is 5.49. The maximum absolute atomic E-state index is 11.7. The van der Waals surface area contributed by atoms with E-state index in [1.807, 2.05) is 0 Å². The first kappa shape index (κ1) is 9.80. The average molecular weight is 182 g/mol. The zero-order chi connectivity index (χ0) is 9.19. The Morgan fingerprint density at radius 3 is 2.42 bits per heavy atom. The zero-order valence-corrected chi connectivity index (χ0v) is 6.69. The highest BCUT2D eigenvalue weighted by Gasteiger charge is 2.31. The molecule has 0 aromatic carbocycles. The van der Waals surface area contributed by atoms with Crippen LogP contribution in [0.3, 0.4) is 0 Å². The highest BCUT2D eigenvalue weighted by Crippen LogP contribution is 2.19. The predicted octanol–water partition coefficient (Wildman–Crippen LogP) is 1.02. The quantitative estimate of drug-likeness (QED) is 0.669. The van der Waals surface area contributed by atoms with Crippen molar-refractivity contribution in [2.24, 2.45) is 5.73 Å². The van der Waals surface area contributed by atoms with Gasteiger partial charge in [0, 0.05) is 12.1 Å². The summed E-state index contributed by atoms with van der Waals surface area (Å²) in [4.78, 5) is 0. The summed E-state index contributed by atoms with van der Waals surface area (Å²) in [7, 11) is 0. The molecule has 2 atom stereocenters. The fraction of sp³-hybridized carbons (Fsp3) is 1.00. The lowest BCUT2D eigenvalue weighted by molar-refractivity contribution is -0.126. The van der Waals surface area contributed by atoms with Gasteiger partial charge in [-0.05, 0) is 12.8 Å². The topological polar surface area (TPSA) is 38.0 Å². The SMILES string of the molecule is N[C@H]1CCC[C@@H]1NCC(F)(F)F. The van der Waals surface area contributed by atoms with Crippen LogP contribution in [0, 0.1) is 0 Å². The number of rotatable bonds is 2. The minimum absolute atomic E-state index is 0.104. The summed E-state index contributed by atoms with van der Waals surface area (Å²) in [5.74, 6) is 0. The van der Waals surface area contributed by atoms with Gasteiger partial charge < -0.3 is 11.1 Å². The lowest BCUT2D eigenvalue weighted by atomic mass is 10.2. The lowest BCUT2D eigenvalue weighted by Gasteiger charge is -2.18. The third-order valence-corrected chi connectivity index (χ3v) is 2.13. The highest BCUT2D eigenvalue weighted by atomic mass is 19.4. The number of nitrogens with two attached hydrogens (primary N) is 1. The van der Waals surface area contributed by atoms with Crippen LogP contribution < -0.4 is 11.1 Å². The Morgan fingerprint density at radius 1 is 1.33 bits per heavy atom. The van der Waals surface area contributed by atoms with Gasteiger partial charge in [-0.25, -0.2) is 0 Å². The molecule has 1 fully saturated rings. The van der Waals surface area contributed by atoms with E-state index in [1.165, 1.54) is 0 Å². The second-order valence-electron chi connectivity index (χ2n) is 3.20. The van der Waals surface area contributed by atoms with E-state index in [2.05, 4.69) is 5.32 Å². The first-order valence-electron chi connectivity index (χ1n) is 4.05. The Bertz CT molecular complexity index is 146. The van der Waals surface area contributed by atoms with Crippen molar-refractivity contribution in [2.45, 2.75) is 37.5 Å². The van der Waals surface area contributed by atoms with Gasteiger partial charge in [-0.1, -0.05) is 6.42 Å². The molecule has 0 saturated heterocycles. The predicted molar refractivity (Wildman–Crippen MR) is 39.7 cm³/mol. The summed E-state index contributed by atoms with van der Waals surface area (Å²) in [6.45, 7) is -0.925. The molecule has 0 aliphatic heterocycles. The van der Waals surface area contributed by atoms with Gasteiger partial charge in [-0.2, -0.15) is 13.2 Å². The molecular formula is C7H13F3N2. The van der Waals surface area contributed by atoms with Crippen molar-refractivity contribution in [1.29, 1.82) is 0 Å². The number of hydrogen-bond acceptors (Lipinski definition) is 2. The van der Waals surface area contributed by atoms with E-state index in [9.17, 15) is 13.2 Å². The van der Waals surface area contributed by atoms with Crippen LogP contribution in [0.15, 0.2) is 0 Å². The molecule has 72 valence electrons. The molecule has 0 amide bonds. The summed E-state index contributed by atoms with van der Waals surface area (Å²) in [6.07, 6.45) is -1.61. The third kappa shape index (κ3) is 2.98. The summed E-state index contributed by atoms with van der Waals surface area (Å²) in [5, 5.41) is 2.42. The number of alkyl halides is 3. The van der Waals surface area contributed by atoms with Crippen LogP contribution in [0.5, 0.6) is 0 Å². The zero-order valence-electron chi connectivity index (χ0n) is 6.69. The molecule has 1 aliphatic carbocycles. The van der Waals surface area contributed by atoms with Gasteiger partial charge in [-0.15, -0.1) is 0 Å². The Kier molecular flexibility index (Phi) is 2.95. The lowest BCUT2D eigenvalue weighted by Crippen LogP contribution is -2.44. The summed E-state index contributed by atoms with van der Waals surface area (Å²) in [6, 6.07) is -0.251. The van der Waals surface area contributed by atoms with Gasteiger partial charge in [0.15, 0.2) is 0 Å². The standard InChI is InChI=1S/C7H13F3N2/c8-7(9,10)4-12-6-3-1-2-5(6)11/h5-6,12H,1-4,11H2/t5-,6-/m0/s1. The Labute approximate surface area is 69.3 Å². The molecule has 0 unspecified atom stereocenters. The monoisotopic (exact) mass is 182 g/mol. The van der Waals surface area contributed by atoms with E-state index in [0.29, 0.717) is 0 Å². The van der Waals surface area contributed by atoms with E-state index >= 15 is 0 Å². The van der Waals surface area contributed by atoms with E-state index in [1.54, 1.807) is 0 Å². The van der Waals surface area contributed by atoms with Crippen LogP contribution >= 0.6 is 0 Å². The second-order valence-corrected chi connectivity index (χ2v) is 3.20. The second kappa shape index (κ2) is 3.62. The van der Waals surface area contributed by atoms with Crippen molar-refractivity contribution in [3.63, 3.8) is 0 Å². The van der Waals surface area contributed by atoms with Crippen molar-refractivity contribution in [1.82, 2.24) is 5.32 Å². The van der Waals surface area contributed by atoms with Crippen molar-refractivity contribution >= 4 is 0 Å². The molecule has 2 nitrogen and oxygen atoms in total. The fourth-order valence-corrected chi connectivity index (χ4v) is 1.49. The molecule has 1 saturated carbocycles. The van der Waals surface area contributed by atoms with Crippen LogP contribution in [-0.2, 0) is 0 Å². The van der Waals surface area contributed by atoms with Crippen molar-refractivity contribution in [2.75, 3.05) is 6.54 Å². The normalized spacial score (nSPS) is 31.0. The van der Waals surface area contributed by atoms with E-state index in [0.717, 1.165) is 19.3 Å².